The first kappa shape index (κ1) is 15.4. The van der Waals surface area contributed by atoms with Gasteiger partial charge in [-0.15, -0.1) is 0 Å². The van der Waals surface area contributed by atoms with E-state index in [2.05, 4.69) is 45.3 Å². The van der Waals surface area contributed by atoms with Crippen LogP contribution in [0.2, 0.25) is 0 Å². The van der Waals surface area contributed by atoms with Gasteiger partial charge in [0.2, 0.25) is 5.91 Å². The first-order valence-corrected chi connectivity index (χ1v) is 6.45. The average molecular weight is 228 g/mol. The molecule has 0 fully saturated rings. The summed E-state index contributed by atoms with van der Waals surface area (Å²) in [5.74, 6) is 0.112. The normalized spacial score (nSPS) is 11.9. The van der Waals surface area contributed by atoms with Gasteiger partial charge in [0.1, 0.15) is 0 Å². The molecule has 0 saturated carbocycles. The lowest BCUT2D eigenvalue weighted by Crippen LogP contribution is -2.42. The fourth-order valence-corrected chi connectivity index (χ4v) is 1.41. The van der Waals surface area contributed by atoms with Crippen molar-refractivity contribution in [1.82, 2.24) is 10.6 Å². The highest BCUT2D eigenvalue weighted by molar-refractivity contribution is 5.78. The van der Waals surface area contributed by atoms with Gasteiger partial charge in [-0.25, -0.2) is 0 Å². The summed E-state index contributed by atoms with van der Waals surface area (Å²) in [5.41, 5.74) is 0.273. The Hall–Kier alpha value is -0.570. The fourth-order valence-electron chi connectivity index (χ4n) is 1.41. The van der Waals surface area contributed by atoms with Gasteiger partial charge in [0, 0.05) is 12.6 Å². The van der Waals surface area contributed by atoms with Gasteiger partial charge in [-0.3, -0.25) is 4.79 Å². The molecular weight excluding hydrogens is 200 g/mol. The Labute approximate surface area is 100 Å². The molecule has 3 heteroatoms. The molecule has 0 aliphatic rings. The molecule has 3 nitrogen and oxygen atoms in total. The maximum absolute atomic E-state index is 11.6. The predicted octanol–water partition coefficient (Wildman–Crippen LogP) is 2.32. The third kappa shape index (κ3) is 6.83. The summed E-state index contributed by atoms with van der Waals surface area (Å²) >= 11 is 0. The van der Waals surface area contributed by atoms with Gasteiger partial charge in [-0.05, 0) is 24.7 Å². The molecule has 0 aromatic rings. The average Bonchev–Trinajstić information content (AvgIpc) is 2.25. The smallest absolute Gasteiger partial charge is 0.234 e. The summed E-state index contributed by atoms with van der Waals surface area (Å²) in [6, 6.07) is 0.327. The molecule has 1 amide bonds. The summed E-state index contributed by atoms with van der Waals surface area (Å²) in [6.07, 6.45) is 3.12. The molecule has 0 aromatic heterocycles. The zero-order valence-corrected chi connectivity index (χ0v) is 11.5. The maximum Gasteiger partial charge on any atom is 0.234 e. The van der Waals surface area contributed by atoms with Crippen LogP contribution in [0, 0.1) is 5.41 Å². The molecule has 0 aromatic carbocycles. The van der Waals surface area contributed by atoms with Crippen molar-refractivity contribution in [3.05, 3.63) is 0 Å². The number of amides is 1. The van der Waals surface area contributed by atoms with E-state index in [0.29, 0.717) is 12.6 Å². The number of hydrogen-bond acceptors (Lipinski definition) is 2. The van der Waals surface area contributed by atoms with E-state index in [1.165, 1.54) is 0 Å². The highest BCUT2D eigenvalue weighted by Crippen LogP contribution is 2.17. The van der Waals surface area contributed by atoms with E-state index in [-0.39, 0.29) is 11.3 Å². The maximum atomic E-state index is 11.6. The first-order chi connectivity index (χ1) is 7.45. The van der Waals surface area contributed by atoms with Crippen LogP contribution in [0.1, 0.15) is 53.9 Å². The molecular formula is C13H28N2O. The number of nitrogens with one attached hydrogen (secondary N) is 2. The van der Waals surface area contributed by atoms with Gasteiger partial charge in [0.15, 0.2) is 0 Å². The van der Waals surface area contributed by atoms with Gasteiger partial charge in [0.25, 0.3) is 0 Å². The molecule has 96 valence electrons. The highest BCUT2D eigenvalue weighted by atomic mass is 16.1. The minimum atomic E-state index is 0.112. The van der Waals surface area contributed by atoms with Crippen molar-refractivity contribution < 1.29 is 4.79 Å². The third-order valence-electron chi connectivity index (χ3n) is 3.20. The fraction of sp³-hybridized carbons (Fsp3) is 0.923. The molecule has 0 aliphatic heterocycles. The molecule has 0 atom stereocenters. The molecule has 0 saturated heterocycles. The van der Waals surface area contributed by atoms with E-state index in [1.807, 2.05) is 0 Å². The molecule has 0 bridgehead atoms. The quantitative estimate of drug-likeness (QED) is 0.669. The molecule has 0 heterocycles. The van der Waals surface area contributed by atoms with E-state index in [1.54, 1.807) is 0 Å². The number of carbonyl (C=O) groups is 1. The Morgan fingerprint density at radius 1 is 1.19 bits per heavy atom. The summed E-state index contributed by atoms with van der Waals surface area (Å²) in [4.78, 5) is 11.6. The second-order valence-corrected chi connectivity index (χ2v) is 5.20. The van der Waals surface area contributed by atoms with Crippen molar-refractivity contribution in [2.45, 2.75) is 59.9 Å². The van der Waals surface area contributed by atoms with E-state index in [9.17, 15) is 4.79 Å². The zero-order valence-electron chi connectivity index (χ0n) is 11.5. The highest BCUT2D eigenvalue weighted by Gasteiger charge is 2.15. The van der Waals surface area contributed by atoms with Crippen molar-refractivity contribution in [2.24, 2.45) is 5.41 Å². The molecule has 16 heavy (non-hydrogen) atoms. The predicted molar refractivity (Wildman–Crippen MR) is 69.5 cm³/mol. The van der Waals surface area contributed by atoms with Crippen molar-refractivity contribution in [3.63, 3.8) is 0 Å². The Balaban J connectivity index is 3.74. The molecule has 0 rings (SSSR count). The molecule has 2 N–H and O–H groups in total. The molecule has 0 unspecified atom stereocenters. The van der Waals surface area contributed by atoms with Crippen molar-refractivity contribution in [3.8, 4) is 0 Å². The second kappa shape index (κ2) is 7.66. The van der Waals surface area contributed by atoms with E-state index in [0.717, 1.165) is 25.8 Å². The van der Waals surface area contributed by atoms with Gasteiger partial charge in [-0.1, -0.05) is 34.6 Å². The summed E-state index contributed by atoms with van der Waals surface area (Å²) in [6.45, 7) is 12.1. The van der Waals surface area contributed by atoms with Crippen molar-refractivity contribution >= 4 is 5.91 Å². The summed E-state index contributed by atoms with van der Waals surface area (Å²) in [7, 11) is 0. The van der Waals surface area contributed by atoms with E-state index in [4.69, 9.17) is 0 Å². The molecule has 0 spiro atoms. The molecule has 0 radical (unpaired) electrons. The van der Waals surface area contributed by atoms with Crippen LogP contribution < -0.4 is 10.6 Å². The minimum absolute atomic E-state index is 0.112. The van der Waals surface area contributed by atoms with Crippen molar-refractivity contribution in [1.29, 1.82) is 0 Å². The van der Waals surface area contributed by atoms with Gasteiger partial charge in [0.05, 0.1) is 6.54 Å². The summed E-state index contributed by atoms with van der Waals surface area (Å²) < 4.78 is 0. The topological polar surface area (TPSA) is 41.1 Å². The van der Waals surface area contributed by atoms with Crippen LogP contribution in [0.5, 0.6) is 0 Å². The largest absolute Gasteiger partial charge is 0.352 e. The lowest BCUT2D eigenvalue weighted by molar-refractivity contribution is -0.121. The molecule has 0 aliphatic carbocycles. The third-order valence-corrected chi connectivity index (χ3v) is 3.20. The van der Waals surface area contributed by atoms with Crippen LogP contribution in [0.15, 0.2) is 0 Å². The SMILES string of the molecule is CCC(CC)NC(=O)CNCC(C)(C)CC. The monoisotopic (exact) mass is 228 g/mol. The zero-order chi connectivity index (χ0) is 12.6. The number of hydrogen-bond donors (Lipinski definition) is 2. The van der Waals surface area contributed by atoms with Gasteiger partial charge >= 0.3 is 0 Å². The lowest BCUT2D eigenvalue weighted by atomic mass is 9.90. The second-order valence-electron chi connectivity index (χ2n) is 5.20. The van der Waals surface area contributed by atoms with Gasteiger partial charge < -0.3 is 10.6 Å². The van der Waals surface area contributed by atoms with Crippen LogP contribution in [-0.4, -0.2) is 25.0 Å². The van der Waals surface area contributed by atoms with E-state index >= 15 is 0 Å². The Morgan fingerprint density at radius 3 is 2.19 bits per heavy atom. The van der Waals surface area contributed by atoms with Gasteiger partial charge in [-0.2, -0.15) is 0 Å². The Bertz CT molecular complexity index is 198. The van der Waals surface area contributed by atoms with Crippen LogP contribution >= 0.6 is 0 Å². The van der Waals surface area contributed by atoms with Crippen LogP contribution in [0.4, 0.5) is 0 Å². The Morgan fingerprint density at radius 2 is 1.75 bits per heavy atom. The number of rotatable bonds is 8. The van der Waals surface area contributed by atoms with E-state index < -0.39 is 0 Å². The number of carbonyl (C=O) groups excluding carboxylic acids is 1. The van der Waals surface area contributed by atoms with Crippen LogP contribution in [0.25, 0.3) is 0 Å². The van der Waals surface area contributed by atoms with Crippen LogP contribution in [0.3, 0.4) is 0 Å². The lowest BCUT2D eigenvalue weighted by Gasteiger charge is -2.23. The summed E-state index contributed by atoms with van der Waals surface area (Å²) in [5, 5.41) is 6.24. The minimum Gasteiger partial charge on any atom is -0.352 e. The van der Waals surface area contributed by atoms with Crippen LogP contribution in [-0.2, 0) is 4.79 Å². The first-order valence-electron chi connectivity index (χ1n) is 6.45. The standard InChI is InChI=1S/C13H28N2O/c1-6-11(7-2)15-12(16)9-14-10-13(4,5)8-3/h11,14H,6-10H2,1-5H3,(H,15,16). The Kier molecular flexibility index (Phi) is 7.39. The van der Waals surface area contributed by atoms with Crippen molar-refractivity contribution in [2.75, 3.05) is 13.1 Å².